The third kappa shape index (κ3) is 4.86. The summed E-state index contributed by atoms with van der Waals surface area (Å²) in [6.45, 7) is 2.17. The van der Waals surface area contributed by atoms with Crippen molar-refractivity contribution in [2.24, 2.45) is 5.92 Å². The van der Waals surface area contributed by atoms with E-state index < -0.39 is 0 Å². The largest absolute Gasteiger partial charge is 0.342 e. The highest BCUT2D eigenvalue weighted by Crippen LogP contribution is 2.22. The number of fused-ring (bicyclic) bond motifs is 2. The van der Waals surface area contributed by atoms with Gasteiger partial charge in [-0.15, -0.1) is 0 Å². The first-order valence-electron chi connectivity index (χ1n) is 11.8. The summed E-state index contributed by atoms with van der Waals surface area (Å²) in [6.07, 6.45) is 6.81. The summed E-state index contributed by atoms with van der Waals surface area (Å²) >= 11 is 0. The van der Waals surface area contributed by atoms with Crippen LogP contribution in [0.3, 0.4) is 0 Å². The van der Waals surface area contributed by atoms with E-state index in [-0.39, 0.29) is 18.0 Å². The maximum atomic E-state index is 12.9. The molecule has 0 radical (unpaired) electrons. The SMILES string of the molecule is O=C(Cc1nc2c(C(=O)CCCC3CCCNC3)cccc2[nH]1)c1cc2ccccc2cn1. The van der Waals surface area contributed by atoms with E-state index in [2.05, 4.69) is 20.3 Å². The van der Waals surface area contributed by atoms with Crippen LogP contribution < -0.4 is 5.32 Å². The van der Waals surface area contributed by atoms with Gasteiger partial charge in [-0.25, -0.2) is 4.98 Å². The zero-order valence-electron chi connectivity index (χ0n) is 18.6. The number of Topliss-reactive ketones (excluding diaryl/α,β-unsaturated/α-hetero) is 2. The van der Waals surface area contributed by atoms with E-state index in [0.717, 1.165) is 42.2 Å². The minimum absolute atomic E-state index is 0.103. The van der Waals surface area contributed by atoms with Crippen molar-refractivity contribution >= 4 is 33.4 Å². The van der Waals surface area contributed by atoms with Gasteiger partial charge < -0.3 is 10.3 Å². The fraction of sp³-hybridized carbons (Fsp3) is 0.333. The van der Waals surface area contributed by atoms with Crippen molar-refractivity contribution in [3.63, 3.8) is 0 Å². The molecule has 33 heavy (non-hydrogen) atoms. The topological polar surface area (TPSA) is 87.7 Å². The van der Waals surface area contributed by atoms with Crippen LogP contribution in [0.15, 0.2) is 54.7 Å². The number of hydrogen-bond donors (Lipinski definition) is 2. The van der Waals surface area contributed by atoms with Crippen LogP contribution in [0.5, 0.6) is 0 Å². The molecule has 1 atom stereocenters. The molecular formula is C27H28N4O2. The van der Waals surface area contributed by atoms with Gasteiger partial charge in [-0.05, 0) is 68.3 Å². The molecule has 4 aromatic rings. The highest BCUT2D eigenvalue weighted by molar-refractivity contribution is 6.06. The molecule has 0 saturated carbocycles. The van der Waals surface area contributed by atoms with Crippen LogP contribution in [0, 0.1) is 5.92 Å². The Kier molecular flexibility index (Phi) is 6.26. The fourth-order valence-electron chi connectivity index (χ4n) is 4.73. The van der Waals surface area contributed by atoms with Gasteiger partial charge in [0.25, 0.3) is 0 Å². The second-order valence-electron chi connectivity index (χ2n) is 8.93. The third-order valence-corrected chi connectivity index (χ3v) is 6.52. The lowest BCUT2D eigenvalue weighted by Gasteiger charge is -2.22. The van der Waals surface area contributed by atoms with Crippen LogP contribution in [0.4, 0.5) is 0 Å². The van der Waals surface area contributed by atoms with Crippen molar-refractivity contribution in [3.8, 4) is 0 Å². The van der Waals surface area contributed by atoms with Crippen molar-refractivity contribution in [2.75, 3.05) is 13.1 Å². The number of aromatic amines is 1. The predicted octanol–water partition coefficient (Wildman–Crippen LogP) is 4.89. The number of hydrogen-bond acceptors (Lipinski definition) is 5. The molecule has 6 heteroatoms. The lowest BCUT2D eigenvalue weighted by Crippen LogP contribution is -2.29. The van der Waals surface area contributed by atoms with Gasteiger partial charge in [0, 0.05) is 23.6 Å². The van der Waals surface area contributed by atoms with Gasteiger partial charge >= 0.3 is 0 Å². The van der Waals surface area contributed by atoms with E-state index in [0.29, 0.717) is 34.9 Å². The second kappa shape index (κ2) is 9.63. The molecule has 3 heterocycles. The standard InChI is InChI=1S/C27H28N4O2/c32-24(12-3-6-18-7-5-13-28-16-18)21-10-4-11-22-27(21)31-26(30-22)15-25(33)23-14-19-8-1-2-9-20(19)17-29-23/h1-2,4,8-11,14,17-18,28H,3,5-7,12-13,15-16H2,(H,30,31). The molecule has 1 fully saturated rings. The number of pyridine rings is 1. The number of benzene rings is 2. The highest BCUT2D eigenvalue weighted by atomic mass is 16.1. The van der Waals surface area contributed by atoms with E-state index in [1.54, 1.807) is 6.20 Å². The van der Waals surface area contributed by atoms with E-state index in [1.807, 2.05) is 48.5 Å². The number of ketones is 2. The summed E-state index contributed by atoms with van der Waals surface area (Å²) in [6, 6.07) is 15.3. The zero-order valence-corrected chi connectivity index (χ0v) is 18.6. The second-order valence-corrected chi connectivity index (χ2v) is 8.93. The van der Waals surface area contributed by atoms with Gasteiger partial charge in [-0.1, -0.05) is 30.3 Å². The summed E-state index contributed by atoms with van der Waals surface area (Å²) in [5, 5.41) is 5.42. The smallest absolute Gasteiger partial charge is 0.188 e. The zero-order chi connectivity index (χ0) is 22.6. The van der Waals surface area contributed by atoms with Crippen LogP contribution in [-0.4, -0.2) is 39.6 Å². The molecule has 1 unspecified atom stereocenters. The molecule has 5 rings (SSSR count). The Bertz CT molecular complexity index is 1300. The average Bonchev–Trinajstić information content (AvgIpc) is 3.26. The number of rotatable bonds is 8. The number of nitrogens with zero attached hydrogens (tertiary/aromatic N) is 2. The molecule has 0 bridgehead atoms. The van der Waals surface area contributed by atoms with Gasteiger partial charge in [0.15, 0.2) is 11.6 Å². The van der Waals surface area contributed by atoms with Gasteiger partial charge in [-0.3, -0.25) is 14.6 Å². The van der Waals surface area contributed by atoms with E-state index >= 15 is 0 Å². The first-order chi connectivity index (χ1) is 16.2. The normalized spacial score (nSPS) is 16.3. The molecule has 0 aliphatic carbocycles. The lowest BCUT2D eigenvalue weighted by atomic mass is 9.92. The fourth-order valence-corrected chi connectivity index (χ4v) is 4.73. The third-order valence-electron chi connectivity index (χ3n) is 6.52. The van der Waals surface area contributed by atoms with E-state index in [1.165, 1.54) is 12.8 Å². The maximum absolute atomic E-state index is 12.9. The molecule has 2 N–H and O–H groups in total. The van der Waals surface area contributed by atoms with Crippen molar-refractivity contribution in [2.45, 2.75) is 38.5 Å². The quantitative estimate of drug-likeness (QED) is 0.381. The first-order valence-corrected chi connectivity index (χ1v) is 11.8. The molecule has 0 spiro atoms. The Morgan fingerprint density at radius 3 is 2.76 bits per heavy atom. The molecule has 2 aromatic carbocycles. The molecule has 2 aromatic heterocycles. The Labute approximate surface area is 192 Å². The number of aromatic nitrogens is 3. The molecule has 0 amide bonds. The van der Waals surface area contributed by atoms with E-state index in [9.17, 15) is 9.59 Å². The Balaban J connectivity index is 1.28. The number of H-pyrrole nitrogens is 1. The predicted molar refractivity (Wildman–Crippen MR) is 130 cm³/mol. The van der Waals surface area contributed by atoms with Crippen LogP contribution in [0.1, 0.15) is 58.8 Å². The van der Waals surface area contributed by atoms with Gasteiger partial charge in [0.05, 0.1) is 17.5 Å². The Morgan fingerprint density at radius 1 is 1.03 bits per heavy atom. The average molecular weight is 441 g/mol. The molecule has 1 saturated heterocycles. The molecule has 1 aliphatic heterocycles. The van der Waals surface area contributed by atoms with Gasteiger partial charge in [0.1, 0.15) is 11.5 Å². The van der Waals surface area contributed by atoms with Crippen LogP contribution in [-0.2, 0) is 6.42 Å². The Morgan fingerprint density at radius 2 is 1.91 bits per heavy atom. The van der Waals surface area contributed by atoms with Gasteiger partial charge in [-0.2, -0.15) is 0 Å². The number of carbonyl (C=O) groups excluding carboxylic acids is 2. The molecule has 6 nitrogen and oxygen atoms in total. The van der Waals surface area contributed by atoms with Gasteiger partial charge in [0.2, 0.25) is 0 Å². The van der Waals surface area contributed by atoms with Crippen molar-refractivity contribution in [1.29, 1.82) is 0 Å². The number of nitrogens with one attached hydrogen (secondary N) is 2. The Hall–Kier alpha value is -3.38. The summed E-state index contributed by atoms with van der Waals surface area (Å²) in [5.41, 5.74) is 2.48. The molecule has 1 aliphatic rings. The van der Waals surface area contributed by atoms with Crippen molar-refractivity contribution in [1.82, 2.24) is 20.3 Å². The number of para-hydroxylation sites is 1. The number of piperidine rings is 1. The first kappa shape index (κ1) is 21.5. The van der Waals surface area contributed by atoms with E-state index in [4.69, 9.17) is 0 Å². The highest BCUT2D eigenvalue weighted by Gasteiger charge is 2.18. The summed E-state index contributed by atoms with van der Waals surface area (Å²) in [4.78, 5) is 37.9. The summed E-state index contributed by atoms with van der Waals surface area (Å²) < 4.78 is 0. The minimum Gasteiger partial charge on any atom is -0.342 e. The number of imidazole rings is 1. The van der Waals surface area contributed by atoms with Crippen LogP contribution in [0.2, 0.25) is 0 Å². The van der Waals surface area contributed by atoms with Crippen molar-refractivity contribution < 1.29 is 9.59 Å². The maximum Gasteiger partial charge on any atom is 0.188 e. The molecule has 168 valence electrons. The van der Waals surface area contributed by atoms with Crippen LogP contribution >= 0.6 is 0 Å². The summed E-state index contributed by atoms with van der Waals surface area (Å²) in [5.74, 6) is 1.24. The summed E-state index contributed by atoms with van der Waals surface area (Å²) in [7, 11) is 0. The molecular weight excluding hydrogens is 412 g/mol. The minimum atomic E-state index is -0.103. The lowest BCUT2D eigenvalue weighted by molar-refractivity contribution is 0.0974. The van der Waals surface area contributed by atoms with Crippen molar-refractivity contribution in [3.05, 3.63) is 71.8 Å². The number of carbonyl (C=O) groups is 2. The van der Waals surface area contributed by atoms with Crippen LogP contribution in [0.25, 0.3) is 21.8 Å². The monoisotopic (exact) mass is 440 g/mol.